The van der Waals surface area contributed by atoms with E-state index in [9.17, 15) is 22.0 Å². The molecule has 0 unspecified atom stereocenters. The second-order valence-corrected chi connectivity index (χ2v) is 10.1. The van der Waals surface area contributed by atoms with Crippen LogP contribution in [0.2, 0.25) is 0 Å². The van der Waals surface area contributed by atoms with E-state index in [0.717, 1.165) is 17.2 Å². The molecule has 3 aromatic carbocycles. The summed E-state index contributed by atoms with van der Waals surface area (Å²) < 4.78 is 61.1. The number of aryl methyl sites for hydroxylation is 1. The van der Waals surface area contributed by atoms with E-state index in [0.29, 0.717) is 30.0 Å². The zero-order valence-electron chi connectivity index (χ0n) is 20.3. The number of ether oxygens (including phenoxy) is 1. The fourth-order valence-corrected chi connectivity index (χ4v) is 4.68. The molecule has 1 amide bonds. The fourth-order valence-electron chi connectivity index (χ4n) is 3.66. The van der Waals surface area contributed by atoms with Crippen molar-refractivity contribution >= 4 is 22.0 Å². The molecule has 4 aromatic rings. The van der Waals surface area contributed by atoms with E-state index >= 15 is 0 Å². The SMILES string of the molecule is O=C(CCc1ccc(Cn2cccn2)cc1OCC=Cc1ccccc1)NS(=O)(=O)c1ccc(F)c(F)c1. The molecule has 7 nitrogen and oxygen atoms in total. The number of halogens is 2. The van der Waals surface area contributed by atoms with Crippen LogP contribution in [0.3, 0.4) is 0 Å². The zero-order valence-corrected chi connectivity index (χ0v) is 21.1. The molecule has 0 aliphatic rings. The average molecular weight is 538 g/mol. The van der Waals surface area contributed by atoms with Crippen molar-refractivity contribution in [2.75, 3.05) is 6.61 Å². The highest BCUT2D eigenvalue weighted by molar-refractivity contribution is 7.90. The molecule has 38 heavy (non-hydrogen) atoms. The summed E-state index contributed by atoms with van der Waals surface area (Å²) in [6.07, 6.45) is 7.36. The van der Waals surface area contributed by atoms with Crippen LogP contribution in [0, 0.1) is 11.6 Å². The van der Waals surface area contributed by atoms with Gasteiger partial charge in [0.2, 0.25) is 5.91 Å². The number of amides is 1. The van der Waals surface area contributed by atoms with Gasteiger partial charge in [-0.1, -0.05) is 48.5 Å². The monoisotopic (exact) mass is 537 g/mol. The van der Waals surface area contributed by atoms with Crippen LogP contribution in [0.5, 0.6) is 5.75 Å². The van der Waals surface area contributed by atoms with E-state index in [1.165, 1.54) is 0 Å². The van der Waals surface area contributed by atoms with Crippen LogP contribution < -0.4 is 9.46 Å². The van der Waals surface area contributed by atoms with Gasteiger partial charge >= 0.3 is 0 Å². The van der Waals surface area contributed by atoms with Crippen LogP contribution in [0.25, 0.3) is 6.08 Å². The quantitative estimate of drug-likeness (QED) is 0.299. The maximum absolute atomic E-state index is 13.5. The number of aromatic nitrogens is 2. The molecular formula is C28H25F2N3O4S. The van der Waals surface area contributed by atoms with Crippen molar-refractivity contribution in [2.45, 2.75) is 24.3 Å². The lowest BCUT2D eigenvalue weighted by molar-refractivity contribution is -0.119. The Morgan fingerprint density at radius 3 is 2.55 bits per heavy atom. The standard InChI is InChI=1S/C28H25F2N3O4S/c29-25-13-12-24(19-26(25)30)38(35,36)32-28(34)14-11-23-10-9-22(20-33-16-5-15-31-33)18-27(23)37-17-4-8-21-6-2-1-3-7-21/h1-10,12-13,15-16,18-19H,11,14,17,20H2,(H,32,34). The zero-order chi connectivity index (χ0) is 27.0. The van der Waals surface area contributed by atoms with Gasteiger partial charge in [-0.2, -0.15) is 5.10 Å². The summed E-state index contributed by atoms with van der Waals surface area (Å²) in [7, 11) is -4.35. The van der Waals surface area contributed by atoms with Crippen molar-refractivity contribution in [1.29, 1.82) is 0 Å². The summed E-state index contributed by atoms with van der Waals surface area (Å²) in [5.41, 5.74) is 2.68. The van der Waals surface area contributed by atoms with Crippen molar-refractivity contribution in [1.82, 2.24) is 14.5 Å². The van der Waals surface area contributed by atoms with Gasteiger partial charge in [0.05, 0.1) is 11.4 Å². The molecule has 0 atom stereocenters. The predicted octanol–water partition coefficient (Wildman–Crippen LogP) is 4.74. The third-order valence-electron chi connectivity index (χ3n) is 5.55. The number of hydrogen-bond acceptors (Lipinski definition) is 5. The van der Waals surface area contributed by atoms with E-state index in [1.54, 1.807) is 10.9 Å². The Kier molecular flexibility index (Phi) is 8.65. The lowest BCUT2D eigenvalue weighted by atomic mass is 10.1. The van der Waals surface area contributed by atoms with Crippen molar-refractivity contribution < 1.29 is 26.7 Å². The number of sulfonamides is 1. The molecule has 0 aliphatic heterocycles. The molecule has 0 fully saturated rings. The van der Waals surface area contributed by atoms with Crippen molar-refractivity contribution in [3.8, 4) is 5.75 Å². The van der Waals surface area contributed by atoms with Crippen LogP contribution in [0.4, 0.5) is 8.78 Å². The smallest absolute Gasteiger partial charge is 0.264 e. The third kappa shape index (κ3) is 7.36. The highest BCUT2D eigenvalue weighted by Gasteiger charge is 2.20. The van der Waals surface area contributed by atoms with Gasteiger partial charge in [0.25, 0.3) is 10.0 Å². The van der Waals surface area contributed by atoms with Gasteiger partial charge in [-0.05, 0) is 59.5 Å². The summed E-state index contributed by atoms with van der Waals surface area (Å²) in [5, 5.41) is 4.21. The van der Waals surface area contributed by atoms with Crippen LogP contribution in [0.1, 0.15) is 23.1 Å². The number of nitrogens with one attached hydrogen (secondary N) is 1. The third-order valence-corrected chi connectivity index (χ3v) is 6.92. The van der Waals surface area contributed by atoms with Gasteiger partial charge in [-0.15, -0.1) is 0 Å². The molecule has 196 valence electrons. The molecule has 0 saturated heterocycles. The van der Waals surface area contributed by atoms with Gasteiger partial charge in [-0.3, -0.25) is 9.48 Å². The Bertz CT molecular complexity index is 1520. The Hall–Kier alpha value is -4.31. The van der Waals surface area contributed by atoms with Gasteiger partial charge in [0.1, 0.15) is 12.4 Å². The predicted molar refractivity (Wildman–Crippen MR) is 139 cm³/mol. The first-order valence-electron chi connectivity index (χ1n) is 11.7. The van der Waals surface area contributed by atoms with E-state index < -0.39 is 32.5 Å². The second-order valence-electron chi connectivity index (χ2n) is 8.37. The largest absolute Gasteiger partial charge is 0.489 e. The van der Waals surface area contributed by atoms with Crippen LogP contribution in [-0.2, 0) is 27.8 Å². The number of nitrogens with zero attached hydrogens (tertiary/aromatic N) is 2. The molecule has 4 rings (SSSR count). The molecule has 1 N–H and O–H groups in total. The fraction of sp³-hybridized carbons (Fsp3) is 0.143. The van der Waals surface area contributed by atoms with Gasteiger partial charge in [0.15, 0.2) is 11.6 Å². The van der Waals surface area contributed by atoms with E-state index in [2.05, 4.69) is 5.10 Å². The van der Waals surface area contributed by atoms with E-state index in [4.69, 9.17) is 4.74 Å². The summed E-state index contributed by atoms with van der Waals surface area (Å²) in [5.74, 6) is -2.73. The average Bonchev–Trinajstić information content (AvgIpc) is 3.41. The topological polar surface area (TPSA) is 90.3 Å². The number of carbonyl (C=O) groups is 1. The molecule has 0 bridgehead atoms. The Labute approximate surface area is 219 Å². The van der Waals surface area contributed by atoms with E-state index in [-0.39, 0.29) is 19.4 Å². The van der Waals surface area contributed by atoms with Crippen molar-refractivity contribution in [2.24, 2.45) is 0 Å². The van der Waals surface area contributed by atoms with E-state index in [1.807, 2.05) is 77.7 Å². The normalized spacial score (nSPS) is 11.5. The first kappa shape index (κ1) is 26.7. The summed E-state index contributed by atoms with van der Waals surface area (Å²) >= 11 is 0. The van der Waals surface area contributed by atoms with Crippen LogP contribution in [-0.4, -0.2) is 30.7 Å². The second kappa shape index (κ2) is 12.3. The molecule has 0 spiro atoms. The first-order valence-corrected chi connectivity index (χ1v) is 13.2. The minimum absolute atomic E-state index is 0.169. The Morgan fingerprint density at radius 2 is 1.82 bits per heavy atom. The number of carbonyl (C=O) groups excluding carboxylic acids is 1. The van der Waals surface area contributed by atoms with Crippen molar-refractivity contribution in [3.05, 3.63) is 120 Å². The van der Waals surface area contributed by atoms with Gasteiger partial charge in [-0.25, -0.2) is 21.9 Å². The maximum atomic E-state index is 13.5. The first-order chi connectivity index (χ1) is 18.3. The Balaban J connectivity index is 1.44. The number of rotatable bonds is 11. The summed E-state index contributed by atoms with van der Waals surface area (Å²) in [6.45, 7) is 0.806. The van der Waals surface area contributed by atoms with Crippen molar-refractivity contribution in [3.63, 3.8) is 0 Å². The molecule has 0 radical (unpaired) electrons. The highest BCUT2D eigenvalue weighted by atomic mass is 32.2. The highest BCUT2D eigenvalue weighted by Crippen LogP contribution is 2.23. The van der Waals surface area contributed by atoms with Gasteiger partial charge < -0.3 is 4.74 Å². The van der Waals surface area contributed by atoms with Crippen LogP contribution in [0.15, 0.2) is 96.2 Å². The number of hydrogen-bond donors (Lipinski definition) is 1. The number of benzene rings is 3. The lowest BCUT2D eigenvalue weighted by Gasteiger charge is -2.13. The van der Waals surface area contributed by atoms with Crippen LogP contribution >= 0.6 is 0 Å². The molecule has 0 saturated carbocycles. The summed E-state index contributed by atoms with van der Waals surface area (Å²) in [4.78, 5) is 11.9. The minimum Gasteiger partial charge on any atom is -0.489 e. The van der Waals surface area contributed by atoms with Gasteiger partial charge in [0, 0.05) is 18.8 Å². The molecule has 1 aromatic heterocycles. The minimum atomic E-state index is -4.35. The molecular weight excluding hydrogens is 512 g/mol. The molecule has 1 heterocycles. The summed E-state index contributed by atoms with van der Waals surface area (Å²) in [6, 6.07) is 19.3. The molecule has 10 heteroatoms. The maximum Gasteiger partial charge on any atom is 0.264 e. The lowest BCUT2D eigenvalue weighted by Crippen LogP contribution is -2.30. The Morgan fingerprint density at radius 1 is 1.00 bits per heavy atom. The molecule has 0 aliphatic carbocycles.